The summed E-state index contributed by atoms with van der Waals surface area (Å²) in [6.07, 6.45) is 3.06. The van der Waals surface area contributed by atoms with Crippen LogP contribution in [-0.4, -0.2) is 22.3 Å². The van der Waals surface area contributed by atoms with Gasteiger partial charge in [0.05, 0.1) is 6.20 Å². The summed E-state index contributed by atoms with van der Waals surface area (Å²) in [5.74, 6) is 0.0626. The van der Waals surface area contributed by atoms with Gasteiger partial charge < -0.3 is 0 Å². The molecule has 1 fully saturated rings. The van der Waals surface area contributed by atoms with Crippen molar-refractivity contribution < 1.29 is 4.79 Å². The van der Waals surface area contributed by atoms with E-state index >= 15 is 0 Å². The molecule has 5 nitrogen and oxygen atoms in total. The Morgan fingerprint density at radius 3 is 3.00 bits per heavy atom. The molecule has 0 aliphatic carbocycles. The molecule has 2 heterocycles. The summed E-state index contributed by atoms with van der Waals surface area (Å²) >= 11 is 0. The van der Waals surface area contributed by atoms with Crippen LogP contribution < -0.4 is 5.01 Å². The highest BCUT2D eigenvalue weighted by Crippen LogP contribution is 2.08. The first-order chi connectivity index (χ1) is 6.31. The van der Waals surface area contributed by atoms with Crippen molar-refractivity contribution in [2.24, 2.45) is 0 Å². The number of carbonyl (C=O) groups is 1. The molecule has 1 aliphatic heterocycles. The number of hydrogen-bond acceptors (Lipinski definition) is 3. The third kappa shape index (κ3) is 1.26. The minimum Gasteiger partial charge on any atom is -0.273 e. The van der Waals surface area contributed by atoms with Gasteiger partial charge >= 0.3 is 0 Å². The number of nitrogens with zero attached hydrogens (tertiary/aromatic N) is 4. The number of nitriles is 1. The molecule has 0 unspecified atom stereocenters. The second-order valence-electron chi connectivity index (χ2n) is 2.85. The summed E-state index contributed by atoms with van der Waals surface area (Å²) in [5, 5.41) is 14.0. The molecule has 13 heavy (non-hydrogen) atoms. The molecule has 1 aromatic heterocycles. The highest BCUT2D eigenvalue weighted by atomic mass is 16.2. The van der Waals surface area contributed by atoms with E-state index in [1.54, 1.807) is 17.3 Å². The van der Waals surface area contributed by atoms with Gasteiger partial charge in [-0.2, -0.15) is 10.1 Å². The third-order valence-corrected chi connectivity index (χ3v) is 1.99. The second kappa shape index (κ2) is 2.90. The lowest BCUT2D eigenvalue weighted by molar-refractivity contribution is -0.118. The van der Waals surface area contributed by atoms with E-state index in [0.717, 1.165) is 6.42 Å². The van der Waals surface area contributed by atoms with Crippen LogP contribution in [0.5, 0.6) is 0 Å². The molecule has 0 radical (unpaired) electrons. The Hall–Kier alpha value is -1.83. The van der Waals surface area contributed by atoms with Gasteiger partial charge in [0.25, 0.3) is 0 Å². The zero-order chi connectivity index (χ0) is 9.26. The Balaban J connectivity index is 2.26. The Morgan fingerprint density at radius 1 is 1.62 bits per heavy atom. The van der Waals surface area contributed by atoms with Crippen molar-refractivity contribution in [3.63, 3.8) is 0 Å². The maximum atomic E-state index is 11.3. The topological polar surface area (TPSA) is 61.9 Å². The summed E-state index contributed by atoms with van der Waals surface area (Å²) in [6, 6.07) is 3.50. The van der Waals surface area contributed by atoms with Crippen LogP contribution in [-0.2, 0) is 4.79 Å². The average Bonchev–Trinajstić information content (AvgIpc) is 2.71. The Labute approximate surface area is 75.1 Å². The summed E-state index contributed by atoms with van der Waals surface area (Å²) in [6.45, 7) is 0.686. The minimum atomic E-state index is 0.0626. The summed E-state index contributed by atoms with van der Waals surface area (Å²) in [4.78, 5) is 12.7. The molecule has 0 spiro atoms. The monoisotopic (exact) mass is 176 g/mol. The predicted octanol–water partition coefficient (Wildman–Crippen LogP) is 0.0132. The minimum absolute atomic E-state index is 0.0626. The molecule has 66 valence electrons. The lowest BCUT2D eigenvalue weighted by atomic mass is 10.4. The smallest absolute Gasteiger partial charge is 0.242 e. The largest absolute Gasteiger partial charge is 0.273 e. The van der Waals surface area contributed by atoms with Gasteiger partial charge in [-0.15, -0.1) is 5.10 Å². The zero-order valence-corrected chi connectivity index (χ0v) is 6.97. The molecule has 0 N–H and O–H groups in total. The highest BCUT2D eigenvalue weighted by molar-refractivity contribution is 5.87. The van der Waals surface area contributed by atoms with Crippen LogP contribution >= 0.6 is 0 Å². The number of amides is 1. The van der Waals surface area contributed by atoms with Gasteiger partial charge in [-0.25, -0.2) is 5.01 Å². The fourth-order valence-electron chi connectivity index (χ4n) is 1.36. The van der Waals surface area contributed by atoms with Crippen LogP contribution in [0.2, 0.25) is 0 Å². The first-order valence-corrected chi connectivity index (χ1v) is 4.07. The molecule has 1 amide bonds. The Kier molecular flexibility index (Phi) is 1.74. The quantitative estimate of drug-likeness (QED) is 0.605. The maximum absolute atomic E-state index is 11.3. The van der Waals surface area contributed by atoms with E-state index < -0.39 is 0 Å². The highest BCUT2D eigenvalue weighted by Gasteiger charge is 2.22. The lowest BCUT2D eigenvalue weighted by Crippen LogP contribution is -2.35. The molecule has 2 rings (SSSR count). The Bertz CT molecular complexity index is 376. The van der Waals surface area contributed by atoms with Crippen molar-refractivity contribution in [2.45, 2.75) is 12.8 Å². The van der Waals surface area contributed by atoms with Crippen molar-refractivity contribution >= 4 is 5.91 Å². The van der Waals surface area contributed by atoms with Crippen LogP contribution in [0, 0.1) is 11.3 Å². The third-order valence-electron chi connectivity index (χ3n) is 1.99. The molecule has 1 aliphatic rings. The van der Waals surface area contributed by atoms with Gasteiger partial charge in [0.1, 0.15) is 6.07 Å². The number of hydrogen-bond donors (Lipinski definition) is 0. The van der Waals surface area contributed by atoms with Crippen LogP contribution in [0.3, 0.4) is 0 Å². The maximum Gasteiger partial charge on any atom is 0.242 e. The first-order valence-electron chi connectivity index (χ1n) is 4.07. The molecule has 1 aromatic rings. The number of rotatable bonds is 1. The van der Waals surface area contributed by atoms with Gasteiger partial charge in [-0.3, -0.25) is 4.79 Å². The summed E-state index contributed by atoms with van der Waals surface area (Å²) in [5.41, 5.74) is 0.333. The molecule has 1 saturated heterocycles. The van der Waals surface area contributed by atoms with E-state index in [2.05, 4.69) is 5.10 Å². The van der Waals surface area contributed by atoms with Gasteiger partial charge in [0.15, 0.2) is 5.69 Å². The molecular weight excluding hydrogens is 168 g/mol. The van der Waals surface area contributed by atoms with E-state index in [-0.39, 0.29) is 5.91 Å². The zero-order valence-electron chi connectivity index (χ0n) is 6.97. The van der Waals surface area contributed by atoms with E-state index in [9.17, 15) is 4.79 Å². The van der Waals surface area contributed by atoms with Crippen molar-refractivity contribution in [2.75, 3.05) is 11.6 Å². The Morgan fingerprint density at radius 2 is 2.46 bits per heavy atom. The van der Waals surface area contributed by atoms with Crippen LogP contribution in [0.25, 0.3) is 0 Å². The van der Waals surface area contributed by atoms with Gasteiger partial charge in [-0.1, -0.05) is 0 Å². The van der Waals surface area contributed by atoms with Crippen LogP contribution in [0.4, 0.5) is 0 Å². The van der Waals surface area contributed by atoms with Gasteiger partial charge in [0, 0.05) is 13.0 Å². The van der Waals surface area contributed by atoms with Crippen molar-refractivity contribution in [3.05, 3.63) is 18.0 Å². The van der Waals surface area contributed by atoms with Crippen LogP contribution in [0.15, 0.2) is 12.3 Å². The second-order valence-corrected chi connectivity index (χ2v) is 2.85. The van der Waals surface area contributed by atoms with Crippen molar-refractivity contribution in [3.8, 4) is 6.07 Å². The fraction of sp³-hybridized carbons (Fsp3) is 0.375. The number of aromatic nitrogens is 2. The van der Waals surface area contributed by atoms with Crippen molar-refractivity contribution in [1.29, 1.82) is 5.26 Å². The fourth-order valence-corrected chi connectivity index (χ4v) is 1.36. The molecule has 5 heteroatoms. The molecule has 0 atom stereocenters. The van der Waals surface area contributed by atoms with E-state index in [1.165, 1.54) is 4.79 Å². The standard InChI is InChI=1S/C8H8N4O/c9-6-7-3-5-12(10-7)11-4-1-2-8(11)13/h3,5H,1-2,4H2. The lowest BCUT2D eigenvalue weighted by Gasteiger charge is -2.14. The van der Waals surface area contributed by atoms with E-state index in [0.29, 0.717) is 18.7 Å². The molecule has 0 saturated carbocycles. The average molecular weight is 176 g/mol. The van der Waals surface area contributed by atoms with E-state index in [1.807, 2.05) is 6.07 Å². The van der Waals surface area contributed by atoms with Gasteiger partial charge in [0.2, 0.25) is 5.91 Å². The molecule has 0 bridgehead atoms. The molecular formula is C8H8N4O. The van der Waals surface area contributed by atoms with E-state index in [4.69, 9.17) is 5.26 Å². The van der Waals surface area contributed by atoms with Crippen molar-refractivity contribution in [1.82, 2.24) is 9.89 Å². The first kappa shape index (κ1) is 7.80. The number of carbonyl (C=O) groups excluding carboxylic acids is 1. The predicted molar refractivity (Wildman–Crippen MR) is 44.3 cm³/mol. The summed E-state index contributed by atoms with van der Waals surface area (Å²) < 4.78 is 0. The van der Waals surface area contributed by atoms with Gasteiger partial charge in [-0.05, 0) is 12.5 Å². The summed E-state index contributed by atoms with van der Waals surface area (Å²) in [7, 11) is 0. The SMILES string of the molecule is N#Cc1ccn(N2CCCC2=O)n1. The van der Waals surface area contributed by atoms with Crippen LogP contribution in [0.1, 0.15) is 18.5 Å². The normalized spacial score (nSPS) is 16.2. The molecule has 0 aromatic carbocycles.